The van der Waals surface area contributed by atoms with Gasteiger partial charge in [0.15, 0.2) is 5.82 Å². The highest BCUT2D eigenvalue weighted by Crippen LogP contribution is 2.33. The van der Waals surface area contributed by atoms with E-state index in [0.717, 1.165) is 50.6 Å². The highest BCUT2D eigenvalue weighted by Gasteiger charge is 2.34. The van der Waals surface area contributed by atoms with E-state index in [0.29, 0.717) is 23.9 Å². The first-order valence-corrected chi connectivity index (χ1v) is 11.2. The molecule has 1 aromatic rings. The van der Waals surface area contributed by atoms with Crippen molar-refractivity contribution in [3.8, 4) is 0 Å². The predicted molar refractivity (Wildman–Crippen MR) is 115 cm³/mol. The molecule has 29 heavy (non-hydrogen) atoms. The van der Waals surface area contributed by atoms with E-state index >= 15 is 0 Å². The van der Waals surface area contributed by atoms with E-state index in [2.05, 4.69) is 13.0 Å². The summed E-state index contributed by atoms with van der Waals surface area (Å²) in [5, 5.41) is 4.74. The van der Waals surface area contributed by atoms with Crippen LogP contribution in [0.25, 0.3) is 5.70 Å². The molecule has 2 aliphatic carbocycles. The molecule has 0 spiro atoms. The topological polar surface area (TPSA) is 64.4 Å². The summed E-state index contributed by atoms with van der Waals surface area (Å²) in [7, 11) is 0. The van der Waals surface area contributed by atoms with Crippen LogP contribution in [0.2, 0.25) is 0 Å². The Bertz CT molecular complexity index is 757. The van der Waals surface area contributed by atoms with Crippen LogP contribution >= 0.6 is 0 Å². The lowest BCUT2D eigenvalue weighted by molar-refractivity contribution is -0.123. The van der Waals surface area contributed by atoms with Crippen LogP contribution in [-0.2, 0) is 9.53 Å². The number of esters is 1. The third-order valence-corrected chi connectivity index (χ3v) is 6.10. The summed E-state index contributed by atoms with van der Waals surface area (Å²) in [5.74, 6) is 0.788. The van der Waals surface area contributed by atoms with Crippen LogP contribution in [0.5, 0.6) is 0 Å². The van der Waals surface area contributed by atoms with Crippen molar-refractivity contribution < 1.29 is 14.3 Å². The van der Waals surface area contributed by atoms with Crippen LogP contribution in [0, 0.1) is 11.8 Å². The minimum atomic E-state index is -0.416. The number of aromatic nitrogens is 2. The molecule has 6 heteroatoms. The monoisotopic (exact) mass is 401 g/mol. The van der Waals surface area contributed by atoms with Gasteiger partial charge in [-0.05, 0) is 78.1 Å². The number of ether oxygens (including phenoxy) is 1. The zero-order valence-electron chi connectivity index (χ0n) is 18.3. The van der Waals surface area contributed by atoms with Crippen molar-refractivity contribution in [2.75, 3.05) is 11.5 Å². The number of hydrogen-bond acceptors (Lipinski definition) is 4. The first-order chi connectivity index (χ1) is 13.9. The van der Waals surface area contributed by atoms with E-state index in [1.807, 2.05) is 13.8 Å². The molecule has 1 amide bonds. The molecule has 1 aromatic heterocycles. The summed E-state index contributed by atoms with van der Waals surface area (Å²) in [6.45, 7) is 8.30. The number of anilines is 1. The van der Waals surface area contributed by atoms with Crippen molar-refractivity contribution in [1.82, 2.24) is 9.78 Å². The van der Waals surface area contributed by atoms with E-state index in [4.69, 9.17) is 9.84 Å². The lowest BCUT2D eigenvalue weighted by atomic mass is 9.82. The fourth-order valence-corrected chi connectivity index (χ4v) is 4.38. The molecule has 160 valence electrons. The third-order valence-electron chi connectivity index (χ3n) is 6.10. The Morgan fingerprint density at radius 3 is 2.55 bits per heavy atom. The van der Waals surface area contributed by atoms with E-state index < -0.39 is 5.97 Å². The number of nitrogens with zero attached hydrogens (tertiary/aromatic N) is 3. The predicted octanol–water partition coefficient (Wildman–Crippen LogP) is 5.04. The van der Waals surface area contributed by atoms with Gasteiger partial charge in [-0.3, -0.25) is 9.69 Å². The van der Waals surface area contributed by atoms with Crippen LogP contribution in [0.3, 0.4) is 0 Å². The molecule has 0 unspecified atom stereocenters. The number of allylic oxidation sites excluding steroid dienone is 2. The largest absolute Gasteiger partial charge is 0.462 e. The maximum absolute atomic E-state index is 13.5. The fourth-order valence-electron chi connectivity index (χ4n) is 4.38. The van der Waals surface area contributed by atoms with Crippen molar-refractivity contribution in [2.24, 2.45) is 11.8 Å². The van der Waals surface area contributed by atoms with Crippen LogP contribution in [0.4, 0.5) is 5.82 Å². The Labute approximate surface area is 174 Å². The molecule has 0 saturated heterocycles. The molecule has 2 aliphatic rings. The number of carbonyl (C=O) groups excluding carboxylic acids is 2. The summed E-state index contributed by atoms with van der Waals surface area (Å²) >= 11 is 0. The van der Waals surface area contributed by atoms with E-state index in [1.165, 1.54) is 6.42 Å². The van der Waals surface area contributed by atoms with Crippen molar-refractivity contribution in [3.63, 3.8) is 0 Å². The van der Waals surface area contributed by atoms with Crippen molar-refractivity contribution in [2.45, 2.75) is 85.1 Å². The average molecular weight is 402 g/mol. The highest BCUT2D eigenvalue weighted by atomic mass is 16.5. The number of carbonyl (C=O) groups is 2. The van der Waals surface area contributed by atoms with Gasteiger partial charge in [-0.25, -0.2) is 9.48 Å². The molecule has 3 rings (SSSR count). The smallest absolute Gasteiger partial charge is 0.343 e. The van der Waals surface area contributed by atoms with Crippen molar-refractivity contribution >= 4 is 23.4 Å². The van der Waals surface area contributed by atoms with Crippen molar-refractivity contribution in [3.05, 3.63) is 17.8 Å². The van der Waals surface area contributed by atoms with Crippen LogP contribution in [-0.4, -0.2) is 34.3 Å². The second-order valence-corrected chi connectivity index (χ2v) is 8.73. The fraction of sp³-hybridized carbons (Fsp3) is 0.696. The van der Waals surface area contributed by atoms with Gasteiger partial charge in [0.2, 0.25) is 5.91 Å². The third kappa shape index (κ3) is 4.90. The summed E-state index contributed by atoms with van der Waals surface area (Å²) in [6, 6.07) is -0.0845. The second kappa shape index (κ2) is 9.59. The van der Waals surface area contributed by atoms with Crippen LogP contribution in [0.1, 0.15) is 89.4 Å². The molecule has 1 saturated carbocycles. The Morgan fingerprint density at radius 1 is 1.24 bits per heavy atom. The normalized spacial score (nSPS) is 22.3. The van der Waals surface area contributed by atoms with Gasteiger partial charge in [-0.1, -0.05) is 13.0 Å². The number of hydrogen-bond donors (Lipinski definition) is 0. The minimum absolute atomic E-state index is 0.00249. The summed E-state index contributed by atoms with van der Waals surface area (Å²) in [5.41, 5.74) is 1.47. The van der Waals surface area contributed by atoms with Gasteiger partial charge < -0.3 is 4.74 Å². The molecule has 0 bridgehead atoms. The maximum Gasteiger partial charge on any atom is 0.343 e. The summed E-state index contributed by atoms with van der Waals surface area (Å²) in [6.07, 6.45) is 12.1. The highest BCUT2D eigenvalue weighted by molar-refractivity contribution is 6.02. The Balaban J connectivity index is 1.97. The van der Waals surface area contributed by atoms with Gasteiger partial charge in [-0.15, -0.1) is 5.10 Å². The summed E-state index contributed by atoms with van der Waals surface area (Å²) in [4.78, 5) is 27.9. The Kier molecular flexibility index (Phi) is 7.14. The first-order valence-electron chi connectivity index (χ1n) is 11.2. The Morgan fingerprint density at radius 2 is 1.97 bits per heavy atom. The molecule has 1 fully saturated rings. The quantitative estimate of drug-likeness (QED) is 0.626. The van der Waals surface area contributed by atoms with E-state index in [1.54, 1.807) is 22.7 Å². The van der Waals surface area contributed by atoms with Gasteiger partial charge in [-0.2, -0.15) is 0 Å². The SMILES string of the molecule is CCOC(=O)c1cn(C2=CCCCC2)nc1N(C(=O)C1CCC(C)CC1)C(C)C. The lowest BCUT2D eigenvalue weighted by Crippen LogP contribution is -2.43. The number of rotatable bonds is 6. The average Bonchev–Trinajstić information content (AvgIpc) is 3.14. The second-order valence-electron chi connectivity index (χ2n) is 8.73. The molecular formula is C23H35N3O3. The molecule has 0 aliphatic heterocycles. The van der Waals surface area contributed by atoms with Gasteiger partial charge in [0.05, 0.1) is 6.61 Å². The first kappa shape index (κ1) is 21.6. The standard InChI is InChI=1S/C23H35N3O3/c1-5-29-23(28)20-15-25(19-9-7-6-8-10-19)24-21(20)26(16(2)3)22(27)18-13-11-17(4)12-14-18/h9,15-18H,5-8,10-14H2,1-4H3. The van der Waals surface area contributed by atoms with E-state index in [9.17, 15) is 9.59 Å². The molecule has 0 atom stereocenters. The van der Waals surface area contributed by atoms with Gasteiger partial charge in [0.1, 0.15) is 5.56 Å². The Hall–Kier alpha value is -2.11. The molecule has 0 N–H and O–H groups in total. The lowest BCUT2D eigenvalue weighted by Gasteiger charge is -2.32. The van der Waals surface area contributed by atoms with Gasteiger partial charge in [0.25, 0.3) is 0 Å². The van der Waals surface area contributed by atoms with E-state index in [-0.39, 0.29) is 17.9 Å². The van der Waals surface area contributed by atoms with Gasteiger partial charge >= 0.3 is 5.97 Å². The number of amides is 1. The van der Waals surface area contributed by atoms with Gasteiger partial charge in [0, 0.05) is 23.9 Å². The maximum atomic E-state index is 13.5. The molecule has 0 radical (unpaired) electrons. The van der Waals surface area contributed by atoms with Crippen molar-refractivity contribution in [1.29, 1.82) is 0 Å². The molecule has 6 nitrogen and oxygen atoms in total. The van der Waals surface area contributed by atoms with Crippen LogP contribution in [0.15, 0.2) is 12.3 Å². The van der Waals surface area contributed by atoms with Crippen LogP contribution < -0.4 is 4.90 Å². The molecule has 1 heterocycles. The molecular weight excluding hydrogens is 366 g/mol. The molecule has 0 aromatic carbocycles. The zero-order chi connectivity index (χ0) is 21.0. The minimum Gasteiger partial charge on any atom is -0.462 e. The summed E-state index contributed by atoms with van der Waals surface area (Å²) < 4.78 is 7.07. The zero-order valence-corrected chi connectivity index (χ0v) is 18.3.